The van der Waals surface area contributed by atoms with Crippen LogP contribution >= 0.6 is 45.2 Å². The zero-order valence-electron chi connectivity index (χ0n) is 22.5. The molecule has 0 radical (unpaired) electrons. The Morgan fingerprint density at radius 2 is 0.921 bits per heavy atom. The molecule has 0 aliphatic carbocycles. The minimum absolute atomic E-state index is 0.0333. The van der Waals surface area contributed by atoms with Gasteiger partial charge in [-0.3, -0.25) is 0 Å². The van der Waals surface area contributed by atoms with Gasteiger partial charge in [-0.25, -0.2) is 4.98 Å². The second kappa shape index (κ2) is 27.2. The number of aromatic nitrogens is 1. The van der Waals surface area contributed by atoms with Gasteiger partial charge >= 0.3 is 0 Å². The van der Waals surface area contributed by atoms with E-state index in [1.165, 1.54) is 0 Å². The van der Waals surface area contributed by atoms with Gasteiger partial charge in [0.1, 0.15) is 19.8 Å². The van der Waals surface area contributed by atoms with Gasteiger partial charge in [0.25, 0.3) is 0 Å². The summed E-state index contributed by atoms with van der Waals surface area (Å²) in [4.78, 5) is 4.31. The molecule has 0 spiro atoms. The molecule has 0 bridgehead atoms. The van der Waals surface area contributed by atoms with E-state index in [1.807, 2.05) is 19.1 Å². The Bertz CT molecular complexity index is 642. The van der Waals surface area contributed by atoms with Crippen molar-refractivity contribution in [3.8, 4) is 5.75 Å². The smallest absolute Gasteiger partial charge is 0.124 e. The number of ether oxygens (including phenoxy) is 10. The van der Waals surface area contributed by atoms with E-state index in [-0.39, 0.29) is 6.10 Å². The molecule has 222 valence electrons. The van der Waals surface area contributed by atoms with Crippen molar-refractivity contribution in [1.82, 2.24) is 4.98 Å². The van der Waals surface area contributed by atoms with Crippen LogP contribution in [0.4, 0.5) is 0 Å². The third-order valence-electron chi connectivity index (χ3n) is 4.51. The lowest BCUT2D eigenvalue weighted by Crippen LogP contribution is -2.21. The maximum absolute atomic E-state index is 5.76. The minimum atomic E-state index is -0.0333. The lowest BCUT2D eigenvalue weighted by atomic mass is 10.4. The fourth-order valence-corrected chi connectivity index (χ4v) is 4.26. The van der Waals surface area contributed by atoms with Crippen molar-refractivity contribution in [2.24, 2.45) is 0 Å². The summed E-state index contributed by atoms with van der Waals surface area (Å²) in [6.45, 7) is 11.0. The SMILES string of the molecule is COCCOCCOCCOCCOCCOCCOCCOCCO[C@H](C)COc1cc(I)nc(I)c1. The summed E-state index contributed by atoms with van der Waals surface area (Å²) in [6, 6.07) is 3.80. The van der Waals surface area contributed by atoms with Crippen molar-refractivity contribution in [3.05, 3.63) is 19.5 Å². The van der Waals surface area contributed by atoms with Gasteiger partial charge in [-0.1, -0.05) is 0 Å². The first-order valence-corrected chi connectivity index (χ1v) is 14.9. The molecule has 0 N–H and O–H groups in total. The van der Waals surface area contributed by atoms with Crippen LogP contribution in [-0.2, 0) is 42.6 Å². The summed E-state index contributed by atoms with van der Waals surface area (Å²) in [5.74, 6) is 0.800. The lowest BCUT2D eigenvalue weighted by Gasteiger charge is -2.14. The molecular weight excluding hydrogens is 728 g/mol. The van der Waals surface area contributed by atoms with Gasteiger partial charge in [0.2, 0.25) is 0 Å². The lowest BCUT2D eigenvalue weighted by molar-refractivity contribution is -0.0309. The van der Waals surface area contributed by atoms with E-state index in [2.05, 4.69) is 50.2 Å². The number of hydrogen-bond acceptors (Lipinski definition) is 11. The Morgan fingerprint density at radius 1 is 0.579 bits per heavy atom. The molecule has 0 saturated carbocycles. The third kappa shape index (κ3) is 23.9. The van der Waals surface area contributed by atoms with Crippen LogP contribution in [0.25, 0.3) is 0 Å². The van der Waals surface area contributed by atoms with Crippen molar-refractivity contribution >= 4 is 45.2 Å². The fraction of sp³-hybridized carbons (Fsp3) is 0.800. The first kappa shape index (κ1) is 36.1. The number of methoxy groups -OCH3 is 1. The van der Waals surface area contributed by atoms with Crippen molar-refractivity contribution in [2.45, 2.75) is 13.0 Å². The predicted octanol–water partition coefficient (Wildman–Crippen LogP) is 2.84. The average Bonchev–Trinajstić information content (AvgIpc) is 2.89. The molecule has 0 saturated heterocycles. The molecule has 38 heavy (non-hydrogen) atoms. The number of pyridine rings is 1. The zero-order chi connectivity index (χ0) is 27.5. The summed E-state index contributed by atoms with van der Waals surface area (Å²) in [5, 5.41) is 0. The highest BCUT2D eigenvalue weighted by Gasteiger charge is 2.05. The molecule has 13 heteroatoms. The van der Waals surface area contributed by atoms with Gasteiger partial charge in [-0.15, -0.1) is 0 Å². The van der Waals surface area contributed by atoms with Crippen LogP contribution in [0.15, 0.2) is 12.1 Å². The monoisotopic (exact) mass is 771 g/mol. The van der Waals surface area contributed by atoms with Crippen LogP contribution in [0.2, 0.25) is 0 Å². The number of rotatable bonds is 28. The fourth-order valence-electron chi connectivity index (χ4n) is 2.66. The van der Waals surface area contributed by atoms with E-state index in [9.17, 15) is 0 Å². The molecule has 1 aromatic rings. The van der Waals surface area contributed by atoms with Crippen LogP contribution in [0, 0.1) is 7.40 Å². The van der Waals surface area contributed by atoms with E-state index in [4.69, 9.17) is 47.4 Å². The van der Waals surface area contributed by atoms with Crippen molar-refractivity contribution < 1.29 is 47.4 Å². The number of hydrogen-bond donors (Lipinski definition) is 0. The van der Waals surface area contributed by atoms with Gasteiger partial charge in [-0.2, -0.15) is 0 Å². The maximum Gasteiger partial charge on any atom is 0.124 e. The molecule has 0 aliphatic heterocycles. The standard InChI is InChI=1S/C25H43I2NO10/c1-22(21-38-23-19-24(26)28-25(27)20-23)37-18-17-36-16-15-35-14-13-34-12-11-33-10-9-32-8-7-31-6-5-30-4-3-29-2/h19-20,22H,3-18,21H2,1-2H3/t22-/m1/s1. The molecule has 0 aliphatic rings. The summed E-state index contributed by atoms with van der Waals surface area (Å²) >= 11 is 4.35. The van der Waals surface area contributed by atoms with Crippen molar-refractivity contribution in [3.63, 3.8) is 0 Å². The normalized spacial score (nSPS) is 12.2. The van der Waals surface area contributed by atoms with Gasteiger partial charge in [0.15, 0.2) is 0 Å². The first-order valence-electron chi connectivity index (χ1n) is 12.7. The first-order chi connectivity index (χ1) is 18.6. The molecule has 1 atom stereocenters. The van der Waals surface area contributed by atoms with E-state index in [0.29, 0.717) is 112 Å². The van der Waals surface area contributed by atoms with Gasteiger partial charge in [-0.05, 0) is 52.1 Å². The summed E-state index contributed by atoms with van der Waals surface area (Å²) in [5.41, 5.74) is 0. The predicted molar refractivity (Wildman–Crippen MR) is 158 cm³/mol. The highest BCUT2D eigenvalue weighted by molar-refractivity contribution is 14.1. The Balaban J connectivity index is 1.73. The Labute approximate surface area is 254 Å². The molecule has 0 fully saturated rings. The Hall–Kier alpha value is 0.0500. The van der Waals surface area contributed by atoms with Crippen LogP contribution in [0.5, 0.6) is 5.75 Å². The minimum Gasteiger partial charge on any atom is -0.491 e. The van der Waals surface area contributed by atoms with E-state index in [1.54, 1.807) is 7.11 Å². The Kier molecular flexibility index (Phi) is 25.9. The molecule has 1 heterocycles. The van der Waals surface area contributed by atoms with Crippen molar-refractivity contribution in [1.29, 1.82) is 0 Å². The second-order valence-electron chi connectivity index (χ2n) is 7.72. The van der Waals surface area contributed by atoms with Crippen LogP contribution < -0.4 is 4.74 Å². The maximum atomic E-state index is 5.76. The molecule has 0 unspecified atom stereocenters. The summed E-state index contributed by atoms with van der Waals surface area (Å²) in [7, 11) is 1.65. The summed E-state index contributed by atoms with van der Waals surface area (Å²) in [6.07, 6.45) is -0.0333. The van der Waals surface area contributed by atoms with Crippen LogP contribution in [-0.4, -0.2) is 131 Å². The van der Waals surface area contributed by atoms with Crippen LogP contribution in [0.3, 0.4) is 0 Å². The highest BCUT2D eigenvalue weighted by Crippen LogP contribution is 2.17. The molecular formula is C25H43I2NO10. The molecule has 1 rings (SSSR count). The zero-order valence-corrected chi connectivity index (χ0v) is 26.9. The van der Waals surface area contributed by atoms with Crippen LogP contribution in [0.1, 0.15) is 6.92 Å². The molecule has 0 aromatic carbocycles. The van der Waals surface area contributed by atoms with Gasteiger partial charge in [0.05, 0.1) is 112 Å². The number of nitrogens with zero attached hydrogens (tertiary/aromatic N) is 1. The van der Waals surface area contributed by atoms with E-state index >= 15 is 0 Å². The number of halogens is 2. The van der Waals surface area contributed by atoms with E-state index < -0.39 is 0 Å². The van der Waals surface area contributed by atoms with Gasteiger partial charge < -0.3 is 47.4 Å². The van der Waals surface area contributed by atoms with Gasteiger partial charge in [0, 0.05) is 19.2 Å². The quantitative estimate of drug-likeness (QED) is 0.0715. The summed E-state index contributed by atoms with van der Waals surface area (Å²) < 4.78 is 56.2. The largest absolute Gasteiger partial charge is 0.491 e. The average molecular weight is 771 g/mol. The Morgan fingerprint density at radius 3 is 1.29 bits per heavy atom. The van der Waals surface area contributed by atoms with E-state index in [0.717, 1.165) is 13.2 Å². The topological polar surface area (TPSA) is 105 Å². The van der Waals surface area contributed by atoms with Crippen molar-refractivity contribution in [2.75, 3.05) is 119 Å². The molecule has 1 aromatic heterocycles. The highest BCUT2D eigenvalue weighted by atomic mass is 127. The second-order valence-corrected chi connectivity index (χ2v) is 9.93. The third-order valence-corrected chi connectivity index (χ3v) is 5.62. The molecule has 0 amide bonds. The molecule has 11 nitrogen and oxygen atoms in total.